The Morgan fingerprint density at radius 2 is 1.80 bits per heavy atom. The van der Waals surface area contributed by atoms with Crippen LogP contribution in [0.25, 0.3) is 11.1 Å². The van der Waals surface area contributed by atoms with E-state index in [9.17, 15) is 15.0 Å². The highest BCUT2D eigenvalue weighted by Crippen LogP contribution is 2.55. The first kappa shape index (κ1) is 32.2. The predicted molar refractivity (Wildman–Crippen MR) is 165 cm³/mol. The summed E-state index contributed by atoms with van der Waals surface area (Å²) in [6.07, 6.45) is 2.96. The third-order valence-electron chi connectivity index (χ3n) is 8.84. The Bertz CT molecular complexity index is 1550. The van der Waals surface area contributed by atoms with E-state index < -0.39 is 56.6 Å². The van der Waals surface area contributed by atoms with Crippen molar-refractivity contribution in [2.24, 2.45) is 5.73 Å². The van der Waals surface area contributed by atoms with E-state index in [4.69, 9.17) is 26.8 Å². The first-order valence-electron chi connectivity index (χ1n) is 14.8. The summed E-state index contributed by atoms with van der Waals surface area (Å²) in [7, 11) is 0. The number of hydrogen-bond donors (Lipinski definition) is 4. The van der Waals surface area contributed by atoms with Crippen LogP contribution in [0.3, 0.4) is 0 Å². The van der Waals surface area contributed by atoms with Gasteiger partial charge in [-0.25, -0.2) is 8.78 Å². The summed E-state index contributed by atoms with van der Waals surface area (Å²) < 4.78 is 44.4. The van der Waals surface area contributed by atoms with Crippen LogP contribution < -0.4 is 20.5 Å². The highest BCUT2D eigenvalue weighted by molar-refractivity contribution is 6.33. The van der Waals surface area contributed by atoms with Gasteiger partial charge in [-0.15, -0.1) is 0 Å². The molecule has 1 saturated carbocycles. The van der Waals surface area contributed by atoms with Gasteiger partial charge in [0.05, 0.1) is 16.8 Å². The maximum Gasteiger partial charge on any atom is 0.252 e. The molecule has 0 radical (unpaired) electrons. The average molecular weight is 629 g/mol. The lowest BCUT2D eigenvalue weighted by molar-refractivity contribution is 0.00890. The Morgan fingerprint density at radius 3 is 2.41 bits per heavy atom. The molecule has 1 fully saturated rings. The van der Waals surface area contributed by atoms with Crippen molar-refractivity contribution in [3.63, 3.8) is 0 Å². The normalized spacial score (nSPS) is 24.9. The third kappa shape index (κ3) is 6.03. The Balaban J connectivity index is 1.62. The number of rotatable bonds is 9. The molecule has 0 aromatic heterocycles. The van der Waals surface area contributed by atoms with E-state index in [1.54, 1.807) is 18.2 Å². The molecule has 0 unspecified atom stereocenters. The van der Waals surface area contributed by atoms with Crippen molar-refractivity contribution in [3.8, 4) is 22.6 Å². The molecule has 5 rings (SSSR count). The number of amides is 1. The fraction of sp³-hybridized carbons (Fsp3) is 0.441. The number of carbonyl (C=O) groups is 1. The van der Waals surface area contributed by atoms with E-state index in [0.717, 1.165) is 18.4 Å². The van der Waals surface area contributed by atoms with E-state index in [1.165, 1.54) is 13.8 Å². The Kier molecular flexibility index (Phi) is 8.72. The van der Waals surface area contributed by atoms with Crippen molar-refractivity contribution in [1.82, 2.24) is 5.32 Å². The lowest BCUT2D eigenvalue weighted by Gasteiger charge is -2.38. The lowest BCUT2D eigenvalue weighted by Crippen LogP contribution is -2.49. The summed E-state index contributed by atoms with van der Waals surface area (Å²) in [5.41, 5.74) is 3.22. The van der Waals surface area contributed by atoms with Gasteiger partial charge in [0, 0.05) is 29.6 Å². The first-order valence-corrected chi connectivity index (χ1v) is 15.2. The minimum absolute atomic E-state index is 0.162. The van der Waals surface area contributed by atoms with Crippen molar-refractivity contribution in [3.05, 3.63) is 81.9 Å². The van der Waals surface area contributed by atoms with Gasteiger partial charge in [-0.05, 0) is 63.6 Å². The minimum atomic E-state index is -1.37. The van der Waals surface area contributed by atoms with Gasteiger partial charge in [0.2, 0.25) is 0 Å². The van der Waals surface area contributed by atoms with Crippen molar-refractivity contribution >= 4 is 17.5 Å². The minimum Gasteiger partial charge on any atom is -0.486 e. The highest BCUT2D eigenvalue weighted by Gasteiger charge is 2.49. The van der Waals surface area contributed by atoms with Crippen LogP contribution in [0.4, 0.5) is 8.78 Å². The van der Waals surface area contributed by atoms with Crippen LogP contribution in [-0.2, 0) is 5.60 Å². The molecule has 0 bridgehead atoms. The quantitative estimate of drug-likeness (QED) is 0.210. The van der Waals surface area contributed by atoms with Gasteiger partial charge in [-0.1, -0.05) is 61.0 Å². The van der Waals surface area contributed by atoms with Crippen LogP contribution in [0, 0.1) is 11.6 Å². The SMILES string of the molecule is C[C@H]1c2c(cccc2-c2c(F)c(OCC(C)(C)O)c(Cl)c(F)c2C(N)=O)O[C@]1(CNC1CCC(C)(O)CC1)c1ccccc1. The second-order valence-electron chi connectivity index (χ2n) is 12.9. The van der Waals surface area contributed by atoms with E-state index in [2.05, 4.69) is 5.32 Å². The number of nitrogens with two attached hydrogens (primary N) is 1. The van der Waals surface area contributed by atoms with E-state index in [1.807, 2.05) is 44.2 Å². The molecule has 0 saturated heterocycles. The molecule has 3 aromatic rings. The van der Waals surface area contributed by atoms with Gasteiger partial charge in [0.1, 0.15) is 17.4 Å². The maximum atomic E-state index is 16.4. The Labute approximate surface area is 261 Å². The third-order valence-corrected chi connectivity index (χ3v) is 9.17. The fourth-order valence-electron chi connectivity index (χ4n) is 6.37. The van der Waals surface area contributed by atoms with E-state index in [-0.39, 0.29) is 23.8 Å². The number of halogens is 3. The molecule has 2 aliphatic rings. The van der Waals surface area contributed by atoms with Crippen LogP contribution in [0.1, 0.15) is 80.8 Å². The van der Waals surface area contributed by atoms with Crippen molar-refractivity contribution < 1.29 is 33.3 Å². The van der Waals surface area contributed by atoms with Gasteiger partial charge < -0.3 is 30.7 Å². The molecule has 236 valence electrons. The topological polar surface area (TPSA) is 114 Å². The Morgan fingerprint density at radius 1 is 1.14 bits per heavy atom. The molecule has 2 atom stereocenters. The van der Waals surface area contributed by atoms with Crippen molar-refractivity contribution in [2.45, 2.75) is 82.1 Å². The van der Waals surface area contributed by atoms with Gasteiger partial charge in [-0.3, -0.25) is 4.79 Å². The number of fused-ring (bicyclic) bond motifs is 1. The summed E-state index contributed by atoms with van der Waals surface area (Å²) in [6, 6.07) is 14.8. The zero-order valence-electron chi connectivity index (χ0n) is 25.3. The number of benzene rings is 3. The molecule has 1 amide bonds. The van der Waals surface area contributed by atoms with Gasteiger partial charge in [-0.2, -0.15) is 0 Å². The van der Waals surface area contributed by atoms with Crippen LogP contribution >= 0.6 is 11.6 Å². The molecule has 1 aliphatic heterocycles. The molecule has 1 aliphatic carbocycles. The zero-order valence-corrected chi connectivity index (χ0v) is 26.1. The zero-order chi connectivity index (χ0) is 32.0. The maximum absolute atomic E-state index is 16.4. The molecule has 44 heavy (non-hydrogen) atoms. The van der Waals surface area contributed by atoms with Gasteiger partial charge in [0.25, 0.3) is 5.91 Å². The van der Waals surface area contributed by atoms with Crippen molar-refractivity contribution in [1.29, 1.82) is 0 Å². The number of primary amides is 1. The van der Waals surface area contributed by atoms with Crippen LogP contribution in [-0.4, -0.2) is 46.5 Å². The molecule has 3 aromatic carbocycles. The Hall–Kier alpha value is -3.24. The summed E-state index contributed by atoms with van der Waals surface area (Å²) in [5, 5.41) is 23.5. The molecular weight excluding hydrogens is 590 g/mol. The first-order chi connectivity index (χ1) is 20.7. The number of carbonyl (C=O) groups excluding carboxylic acids is 1. The van der Waals surface area contributed by atoms with Crippen LogP contribution in [0.5, 0.6) is 11.5 Å². The van der Waals surface area contributed by atoms with E-state index in [0.29, 0.717) is 30.7 Å². The molecule has 5 N–H and O–H groups in total. The fourth-order valence-corrected chi connectivity index (χ4v) is 6.61. The number of ether oxygens (including phenoxy) is 2. The summed E-state index contributed by atoms with van der Waals surface area (Å²) >= 11 is 6.16. The largest absolute Gasteiger partial charge is 0.486 e. The molecular formula is C34H39ClF2N2O5. The number of hydrogen-bond acceptors (Lipinski definition) is 6. The van der Waals surface area contributed by atoms with E-state index >= 15 is 8.78 Å². The molecule has 10 heteroatoms. The second-order valence-corrected chi connectivity index (χ2v) is 13.3. The summed E-state index contributed by atoms with van der Waals surface area (Å²) in [4.78, 5) is 12.6. The monoisotopic (exact) mass is 628 g/mol. The predicted octanol–water partition coefficient (Wildman–Crippen LogP) is 6.21. The molecule has 7 nitrogen and oxygen atoms in total. The smallest absolute Gasteiger partial charge is 0.252 e. The number of nitrogens with one attached hydrogen (secondary N) is 1. The van der Waals surface area contributed by atoms with Gasteiger partial charge >= 0.3 is 0 Å². The average Bonchev–Trinajstić information content (AvgIpc) is 3.26. The molecule has 1 heterocycles. The van der Waals surface area contributed by atoms with Crippen LogP contribution in [0.2, 0.25) is 5.02 Å². The summed E-state index contributed by atoms with van der Waals surface area (Å²) in [6.45, 7) is 6.72. The summed E-state index contributed by atoms with van der Waals surface area (Å²) in [5.74, 6) is -4.05. The standard InChI is InChI=1S/C34H39ClF2N2O5/c1-19-24-22(25-26(31(38)40)28(36)27(35)30(29(25)37)43-18-32(2,3)41)11-8-12-23(24)44-34(19,20-9-6-5-7-10-20)17-39-21-13-15-33(4,42)16-14-21/h5-12,19,21,39,41-42H,13-18H2,1-4H3,(H2,38,40)/t19-,21?,33?,34-/m0/s1. The number of aliphatic hydroxyl groups is 2. The lowest BCUT2D eigenvalue weighted by atomic mass is 9.77. The molecule has 0 spiro atoms. The second kappa shape index (κ2) is 11.9. The van der Waals surface area contributed by atoms with Crippen molar-refractivity contribution in [2.75, 3.05) is 13.2 Å². The highest BCUT2D eigenvalue weighted by atomic mass is 35.5. The van der Waals surface area contributed by atoms with Crippen LogP contribution in [0.15, 0.2) is 48.5 Å². The van der Waals surface area contributed by atoms with Gasteiger partial charge in [0.15, 0.2) is 23.0 Å².